The topological polar surface area (TPSA) is 164 Å². The average Bonchev–Trinajstić information content (AvgIpc) is 3.39. The summed E-state index contributed by atoms with van der Waals surface area (Å²) in [6.45, 7) is 2.91. The number of Topliss-reactive ketones (excluding diaryl/α,β-unsaturated/α-hetero) is 1. The first kappa shape index (κ1) is 32.3. The van der Waals surface area contributed by atoms with Crippen LogP contribution in [0.15, 0.2) is 36.4 Å². The van der Waals surface area contributed by atoms with E-state index in [9.17, 15) is 24.0 Å². The van der Waals surface area contributed by atoms with Crippen LogP contribution in [0.3, 0.4) is 0 Å². The van der Waals surface area contributed by atoms with Crippen LogP contribution in [0.5, 0.6) is 17.2 Å². The standard InChI is InChI=1S/C34H40N4O9/c1-19(39)36-24(17-28(41)42)32(43)35-13-15-37(2)33(44)46-22-7-4-20(5-8-22)18-38-14-12-34-23-9-10-26(40)31(34)47-30-27(45-3)11-6-21(29(30)34)16-25(23)38/h4-8,11,23-25,31H,9-10,12-18H2,1-3H3,(H,35,43)(H,36,39)(H,41,42)/t23-,24-,25?,31-,34-/m0/s1. The second kappa shape index (κ2) is 12.9. The minimum atomic E-state index is -1.22. The van der Waals surface area contributed by atoms with E-state index in [1.54, 1.807) is 19.2 Å². The van der Waals surface area contributed by atoms with Gasteiger partial charge >= 0.3 is 12.1 Å². The smallest absolute Gasteiger partial charge is 0.415 e. The quantitative estimate of drug-likeness (QED) is 0.329. The van der Waals surface area contributed by atoms with Crippen molar-refractivity contribution in [2.24, 2.45) is 5.92 Å². The molecule has 47 heavy (non-hydrogen) atoms. The molecule has 0 aromatic heterocycles. The molecule has 2 heterocycles. The number of likely N-dealkylation sites (tertiary alicyclic amines) is 1. The van der Waals surface area contributed by atoms with Crippen LogP contribution in [-0.4, -0.2) is 96.5 Å². The van der Waals surface area contributed by atoms with Crippen molar-refractivity contribution in [1.82, 2.24) is 20.4 Å². The molecule has 2 aromatic rings. The molecule has 2 fully saturated rings. The molecule has 0 radical (unpaired) electrons. The Hall–Kier alpha value is -4.65. The lowest BCUT2D eigenvalue weighted by atomic mass is 9.51. The number of carboxylic acids is 1. The van der Waals surface area contributed by atoms with Crippen molar-refractivity contribution in [2.45, 2.75) is 69.2 Å². The van der Waals surface area contributed by atoms with Gasteiger partial charge in [0.05, 0.1) is 13.5 Å². The Morgan fingerprint density at radius 3 is 2.64 bits per heavy atom. The molecule has 13 nitrogen and oxygen atoms in total. The molecule has 3 amide bonds. The van der Waals surface area contributed by atoms with Gasteiger partial charge in [-0.05, 0) is 61.1 Å². The average molecular weight is 649 g/mol. The molecule has 1 saturated carbocycles. The minimum Gasteiger partial charge on any atom is -0.493 e. The largest absolute Gasteiger partial charge is 0.493 e. The van der Waals surface area contributed by atoms with Crippen LogP contribution in [-0.2, 0) is 37.6 Å². The zero-order chi connectivity index (χ0) is 33.5. The van der Waals surface area contributed by atoms with E-state index in [0.29, 0.717) is 23.8 Å². The number of aliphatic carboxylic acids is 1. The fourth-order valence-electron chi connectivity index (χ4n) is 8.02. The van der Waals surface area contributed by atoms with Gasteiger partial charge in [0, 0.05) is 57.0 Å². The van der Waals surface area contributed by atoms with E-state index in [1.807, 2.05) is 18.2 Å². The Morgan fingerprint density at radius 1 is 1.17 bits per heavy atom. The van der Waals surface area contributed by atoms with E-state index in [-0.39, 0.29) is 30.3 Å². The number of ether oxygens (including phenoxy) is 3. The van der Waals surface area contributed by atoms with Gasteiger partial charge < -0.3 is 34.9 Å². The highest BCUT2D eigenvalue weighted by Gasteiger charge is 2.65. The van der Waals surface area contributed by atoms with Gasteiger partial charge in [-0.1, -0.05) is 18.2 Å². The lowest BCUT2D eigenvalue weighted by molar-refractivity contribution is -0.140. The third kappa shape index (κ3) is 5.99. The maximum Gasteiger partial charge on any atom is 0.415 e. The van der Waals surface area contributed by atoms with Crippen LogP contribution in [0.4, 0.5) is 4.79 Å². The zero-order valence-corrected chi connectivity index (χ0v) is 26.7. The first-order valence-electron chi connectivity index (χ1n) is 15.9. The van der Waals surface area contributed by atoms with Crippen molar-refractivity contribution in [1.29, 1.82) is 0 Å². The zero-order valence-electron chi connectivity index (χ0n) is 26.7. The number of piperidine rings is 1. The summed E-state index contributed by atoms with van der Waals surface area (Å²) in [6.07, 6.45) is 1.48. The maximum absolute atomic E-state index is 13.1. The molecular weight excluding hydrogens is 608 g/mol. The maximum atomic E-state index is 13.1. The molecule has 2 aliphatic carbocycles. The summed E-state index contributed by atoms with van der Waals surface area (Å²) in [5, 5.41) is 13.8. The highest BCUT2D eigenvalue weighted by molar-refractivity contribution is 5.90. The van der Waals surface area contributed by atoms with Gasteiger partial charge in [-0.3, -0.25) is 24.1 Å². The molecule has 6 rings (SSSR count). The molecule has 250 valence electrons. The fourth-order valence-corrected chi connectivity index (χ4v) is 8.02. The molecule has 1 saturated heterocycles. The van der Waals surface area contributed by atoms with Gasteiger partial charge in [0.2, 0.25) is 11.8 Å². The van der Waals surface area contributed by atoms with Gasteiger partial charge in [0.25, 0.3) is 0 Å². The Balaban J connectivity index is 1.05. The summed E-state index contributed by atoms with van der Waals surface area (Å²) < 4.78 is 17.6. The molecule has 13 heteroatoms. The van der Waals surface area contributed by atoms with Crippen LogP contribution in [0.2, 0.25) is 0 Å². The third-order valence-electron chi connectivity index (χ3n) is 10.1. The number of carbonyl (C=O) groups is 5. The number of rotatable bonds is 11. The number of nitrogens with zero attached hydrogens (tertiary/aromatic N) is 2. The molecule has 2 aromatic carbocycles. The van der Waals surface area contributed by atoms with Crippen molar-refractivity contribution in [2.75, 3.05) is 33.8 Å². The van der Waals surface area contributed by atoms with Gasteiger partial charge in [0.1, 0.15) is 11.8 Å². The monoisotopic (exact) mass is 648 g/mol. The molecular formula is C34H40N4O9. The summed E-state index contributed by atoms with van der Waals surface area (Å²) in [4.78, 5) is 64.3. The molecule has 4 aliphatic rings. The molecule has 3 N–H and O–H groups in total. The van der Waals surface area contributed by atoms with Gasteiger partial charge in [-0.2, -0.15) is 0 Å². The van der Waals surface area contributed by atoms with E-state index >= 15 is 0 Å². The Bertz CT molecular complexity index is 1580. The Morgan fingerprint density at radius 2 is 1.94 bits per heavy atom. The third-order valence-corrected chi connectivity index (χ3v) is 10.1. The summed E-state index contributed by atoms with van der Waals surface area (Å²) in [5.41, 5.74) is 3.22. The van der Waals surface area contributed by atoms with Crippen molar-refractivity contribution in [3.63, 3.8) is 0 Å². The van der Waals surface area contributed by atoms with Crippen molar-refractivity contribution >= 4 is 29.7 Å². The number of carbonyl (C=O) groups excluding carboxylic acids is 4. The van der Waals surface area contributed by atoms with Crippen molar-refractivity contribution in [3.05, 3.63) is 53.1 Å². The number of ketones is 1. The number of hydrogen-bond acceptors (Lipinski definition) is 9. The second-order valence-corrected chi connectivity index (χ2v) is 12.8. The predicted molar refractivity (Wildman–Crippen MR) is 167 cm³/mol. The molecule has 1 unspecified atom stereocenters. The molecule has 1 spiro atoms. The lowest BCUT2D eigenvalue weighted by Crippen LogP contribution is -2.65. The minimum absolute atomic E-state index is 0.0404. The summed E-state index contributed by atoms with van der Waals surface area (Å²) in [6, 6.07) is 10.6. The molecule has 5 atom stereocenters. The van der Waals surface area contributed by atoms with Gasteiger partial charge in [-0.15, -0.1) is 0 Å². The number of nitrogens with one attached hydrogen (secondary N) is 2. The number of likely N-dealkylation sites (N-methyl/N-ethyl adjacent to an activating group) is 1. The number of carboxylic acid groups (broad SMARTS) is 1. The number of amides is 3. The van der Waals surface area contributed by atoms with Crippen LogP contribution in [0.25, 0.3) is 0 Å². The first-order chi connectivity index (χ1) is 22.5. The predicted octanol–water partition coefficient (Wildman–Crippen LogP) is 2.03. The van der Waals surface area contributed by atoms with Crippen molar-refractivity contribution in [3.8, 4) is 17.2 Å². The lowest BCUT2D eigenvalue weighted by Gasteiger charge is -2.57. The Labute approximate surface area is 272 Å². The Kier molecular flexibility index (Phi) is 8.84. The van der Waals surface area contributed by atoms with E-state index < -0.39 is 42.4 Å². The molecule has 2 aliphatic heterocycles. The van der Waals surface area contributed by atoms with Crippen LogP contribution in [0, 0.1) is 5.92 Å². The molecule has 2 bridgehead atoms. The van der Waals surface area contributed by atoms with Gasteiger partial charge in [0.15, 0.2) is 23.4 Å². The van der Waals surface area contributed by atoms with E-state index in [0.717, 1.165) is 43.7 Å². The number of methoxy groups -OCH3 is 1. The highest BCUT2D eigenvalue weighted by atomic mass is 16.6. The normalized spacial score (nSPS) is 24.3. The van der Waals surface area contributed by atoms with E-state index in [4.69, 9.17) is 19.3 Å². The number of hydrogen-bond donors (Lipinski definition) is 3. The SMILES string of the molecule is COc1ccc2c3c1O[C@H]1C(=O)CC[C@H]4C(C2)N(Cc2ccc(OC(=O)N(C)CCNC(=O)[C@H](CC(=O)O)NC(C)=O)cc2)CC[C@]314. The number of benzene rings is 2. The summed E-state index contributed by atoms with van der Waals surface area (Å²) >= 11 is 0. The van der Waals surface area contributed by atoms with E-state index in [1.165, 1.54) is 30.0 Å². The van der Waals surface area contributed by atoms with E-state index in [2.05, 4.69) is 21.6 Å². The first-order valence-corrected chi connectivity index (χ1v) is 15.9. The van der Waals surface area contributed by atoms with Crippen LogP contribution in [0.1, 0.15) is 49.3 Å². The highest BCUT2D eigenvalue weighted by Crippen LogP contribution is 2.63. The van der Waals surface area contributed by atoms with Crippen molar-refractivity contribution < 1.29 is 43.3 Å². The summed E-state index contributed by atoms with van der Waals surface area (Å²) in [5.74, 6) is -0.0640. The fraction of sp³-hybridized carbons (Fsp3) is 0.500. The van der Waals surface area contributed by atoms with Crippen LogP contribution >= 0.6 is 0 Å². The second-order valence-electron chi connectivity index (χ2n) is 12.8. The summed E-state index contributed by atoms with van der Waals surface area (Å²) in [7, 11) is 3.16. The van der Waals surface area contributed by atoms with Crippen LogP contribution < -0.4 is 24.8 Å². The van der Waals surface area contributed by atoms with Gasteiger partial charge in [-0.25, -0.2) is 4.79 Å².